The van der Waals surface area contributed by atoms with Crippen molar-refractivity contribution in [3.8, 4) is 0 Å². The molecule has 1 unspecified atom stereocenters. The second-order valence-corrected chi connectivity index (χ2v) is 5.65. The fourth-order valence-electron chi connectivity index (χ4n) is 3.49. The molecule has 1 aliphatic rings. The molecule has 20 heavy (non-hydrogen) atoms. The molecule has 1 aliphatic carbocycles. The molecule has 1 aromatic heterocycles. The van der Waals surface area contributed by atoms with Crippen molar-refractivity contribution in [3.63, 3.8) is 0 Å². The number of esters is 1. The van der Waals surface area contributed by atoms with Gasteiger partial charge in [-0.3, -0.25) is 4.79 Å². The lowest BCUT2D eigenvalue weighted by Crippen LogP contribution is -2.24. The van der Waals surface area contributed by atoms with Gasteiger partial charge in [-0.1, -0.05) is 11.6 Å². The minimum atomic E-state index is -0.0688. The number of aryl methyl sites for hydroxylation is 2. The van der Waals surface area contributed by atoms with Crippen LogP contribution in [0.15, 0.2) is 18.2 Å². The number of carbonyl (C=O) groups excluding carboxylic acids is 1. The van der Waals surface area contributed by atoms with E-state index in [-0.39, 0.29) is 11.9 Å². The normalized spacial score (nSPS) is 18.1. The molecule has 1 aromatic carbocycles. The van der Waals surface area contributed by atoms with Crippen molar-refractivity contribution in [1.29, 1.82) is 0 Å². The molecule has 1 heterocycles. The minimum Gasteiger partial charge on any atom is -0.469 e. The molecule has 0 fully saturated rings. The maximum Gasteiger partial charge on any atom is 0.309 e. The summed E-state index contributed by atoms with van der Waals surface area (Å²) < 4.78 is 7.33. The Kier molecular flexibility index (Phi) is 3.28. The first-order chi connectivity index (χ1) is 9.65. The Morgan fingerprint density at radius 3 is 2.95 bits per heavy atom. The largest absolute Gasteiger partial charge is 0.469 e. The van der Waals surface area contributed by atoms with Gasteiger partial charge >= 0.3 is 5.97 Å². The quantitative estimate of drug-likeness (QED) is 0.785. The number of hydrogen-bond donors (Lipinski definition) is 0. The number of methoxy groups -OCH3 is 1. The van der Waals surface area contributed by atoms with E-state index in [2.05, 4.69) is 36.6 Å². The van der Waals surface area contributed by atoms with Crippen LogP contribution in [0.5, 0.6) is 0 Å². The van der Waals surface area contributed by atoms with E-state index in [9.17, 15) is 4.79 Å². The van der Waals surface area contributed by atoms with Gasteiger partial charge < -0.3 is 9.30 Å². The van der Waals surface area contributed by atoms with E-state index >= 15 is 0 Å². The predicted octanol–water partition coefficient (Wildman–Crippen LogP) is 3.25. The average Bonchev–Trinajstić information content (AvgIpc) is 2.78. The smallest absolute Gasteiger partial charge is 0.309 e. The van der Waals surface area contributed by atoms with Gasteiger partial charge in [0.2, 0.25) is 0 Å². The van der Waals surface area contributed by atoms with E-state index in [1.54, 1.807) is 0 Å². The molecule has 0 saturated carbocycles. The maximum atomic E-state index is 11.8. The Bertz CT molecular complexity index is 669. The van der Waals surface area contributed by atoms with Crippen molar-refractivity contribution in [3.05, 3.63) is 35.0 Å². The average molecular weight is 271 g/mol. The summed E-state index contributed by atoms with van der Waals surface area (Å²) in [6.45, 7) is 5.29. The Morgan fingerprint density at radius 1 is 1.45 bits per heavy atom. The monoisotopic (exact) mass is 271 g/mol. The molecule has 3 nitrogen and oxygen atoms in total. The summed E-state index contributed by atoms with van der Waals surface area (Å²) >= 11 is 0. The number of hydrogen-bond acceptors (Lipinski definition) is 2. The van der Waals surface area contributed by atoms with Crippen molar-refractivity contribution < 1.29 is 9.53 Å². The number of carbonyl (C=O) groups is 1. The Hall–Kier alpha value is -1.77. The third-order valence-electron chi connectivity index (χ3n) is 4.47. The number of fused-ring (bicyclic) bond motifs is 3. The van der Waals surface area contributed by atoms with E-state index in [1.165, 1.54) is 34.8 Å². The minimum absolute atomic E-state index is 0.0175. The van der Waals surface area contributed by atoms with Crippen LogP contribution in [0.3, 0.4) is 0 Å². The van der Waals surface area contributed by atoms with E-state index in [4.69, 9.17) is 4.74 Å². The number of aromatic nitrogens is 1. The molecule has 0 aliphatic heterocycles. The van der Waals surface area contributed by atoms with Crippen LogP contribution in [0.1, 0.15) is 30.2 Å². The van der Waals surface area contributed by atoms with Crippen molar-refractivity contribution in [2.45, 2.75) is 39.7 Å². The summed E-state index contributed by atoms with van der Waals surface area (Å²) in [7, 11) is 1.48. The summed E-state index contributed by atoms with van der Waals surface area (Å²) in [5.41, 5.74) is 5.34. The van der Waals surface area contributed by atoms with Crippen LogP contribution in [0.2, 0.25) is 0 Å². The van der Waals surface area contributed by atoms with E-state index in [0.717, 1.165) is 25.8 Å². The van der Waals surface area contributed by atoms with Gasteiger partial charge in [0.15, 0.2) is 0 Å². The van der Waals surface area contributed by atoms with Gasteiger partial charge in [-0.15, -0.1) is 0 Å². The molecular weight excluding hydrogens is 250 g/mol. The SMILES string of the molecule is CCn1c2c(c3cc(C)ccc31)CC(C(=O)OC)CC2. The molecular formula is C17H21NO2. The molecule has 0 saturated heterocycles. The molecule has 0 bridgehead atoms. The summed E-state index contributed by atoms with van der Waals surface area (Å²) in [5, 5.41) is 1.32. The fraction of sp³-hybridized carbons (Fsp3) is 0.471. The van der Waals surface area contributed by atoms with Gasteiger partial charge in [-0.05, 0) is 50.8 Å². The number of ether oxygens (including phenoxy) is 1. The third kappa shape index (κ3) is 1.92. The van der Waals surface area contributed by atoms with Gasteiger partial charge in [-0.25, -0.2) is 0 Å². The Balaban J connectivity index is 2.14. The second kappa shape index (κ2) is 4.97. The zero-order valence-electron chi connectivity index (χ0n) is 12.4. The van der Waals surface area contributed by atoms with Crippen LogP contribution >= 0.6 is 0 Å². The molecule has 2 aromatic rings. The summed E-state index contributed by atoms with van der Waals surface area (Å²) in [4.78, 5) is 11.8. The first-order valence-corrected chi connectivity index (χ1v) is 7.34. The van der Waals surface area contributed by atoms with Gasteiger partial charge in [0, 0.05) is 23.1 Å². The molecule has 3 heteroatoms. The maximum absolute atomic E-state index is 11.8. The topological polar surface area (TPSA) is 31.2 Å². The standard InChI is InChI=1S/C17H21NO2/c1-4-18-15-7-5-11(2)9-13(15)14-10-12(17(19)20-3)6-8-16(14)18/h5,7,9,12H,4,6,8,10H2,1-3H3. The molecule has 0 spiro atoms. The Morgan fingerprint density at radius 2 is 2.25 bits per heavy atom. The third-order valence-corrected chi connectivity index (χ3v) is 4.47. The highest BCUT2D eigenvalue weighted by atomic mass is 16.5. The molecule has 0 amide bonds. The van der Waals surface area contributed by atoms with E-state index < -0.39 is 0 Å². The predicted molar refractivity (Wildman–Crippen MR) is 79.9 cm³/mol. The van der Waals surface area contributed by atoms with Gasteiger partial charge in [0.25, 0.3) is 0 Å². The van der Waals surface area contributed by atoms with Crippen molar-refractivity contribution in [2.75, 3.05) is 7.11 Å². The number of rotatable bonds is 2. The summed E-state index contributed by atoms with van der Waals surface area (Å²) in [6.07, 6.45) is 2.68. The van der Waals surface area contributed by atoms with Crippen LogP contribution in [0.25, 0.3) is 10.9 Å². The van der Waals surface area contributed by atoms with Crippen LogP contribution in [0.4, 0.5) is 0 Å². The van der Waals surface area contributed by atoms with Crippen LogP contribution in [-0.2, 0) is 28.9 Å². The summed E-state index contributed by atoms with van der Waals surface area (Å²) in [6, 6.07) is 6.62. The molecule has 3 rings (SSSR count). The summed E-state index contributed by atoms with van der Waals surface area (Å²) in [5.74, 6) is -0.0513. The van der Waals surface area contributed by atoms with Gasteiger partial charge in [0.05, 0.1) is 13.0 Å². The fourth-order valence-corrected chi connectivity index (χ4v) is 3.49. The van der Waals surface area contributed by atoms with Crippen LogP contribution in [0, 0.1) is 12.8 Å². The Labute approximate surface area is 119 Å². The van der Waals surface area contributed by atoms with Crippen molar-refractivity contribution in [1.82, 2.24) is 4.57 Å². The zero-order chi connectivity index (χ0) is 14.3. The first kappa shape index (κ1) is 13.2. The molecule has 106 valence electrons. The first-order valence-electron chi connectivity index (χ1n) is 7.34. The lowest BCUT2D eigenvalue weighted by Gasteiger charge is -2.21. The van der Waals surface area contributed by atoms with Crippen LogP contribution < -0.4 is 0 Å². The van der Waals surface area contributed by atoms with Crippen LogP contribution in [-0.4, -0.2) is 17.6 Å². The molecule has 0 N–H and O–H groups in total. The highest BCUT2D eigenvalue weighted by Gasteiger charge is 2.29. The van der Waals surface area contributed by atoms with E-state index in [1.807, 2.05) is 0 Å². The lowest BCUT2D eigenvalue weighted by atomic mass is 9.86. The number of benzene rings is 1. The van der Waals surface area contributed by atoms with Gasteiger partial charge in [-0.2, -0.15) is 0 Å². The highest BCUT2D eigenvalue weighted by Crippen LogP contribution is 2.35. The molecule has 0 radical (unpaired) electrons. The lowest BCUT2D eigenvalue weighted by molar-refractivity contribution is -0.145. The van der Waals surface area contributed by atoms with E-state index in [0.29, 0.717) is 0 Å². The molecule has 1 atom stereocenters. The second-order valence-electron chi connectivity index (χ2n) is 5.65. The van der Waals surface area contributed by atoms with Crippen molar-refractivity contribution >= 4 is 16.9 Å². The van der Waals surface area contributed by atoms with Gasteiger partial charge in [0.1, 0.15) is 0 Å². The zero-order valence-corrected chi connectivity index (χ0v) is 12.4. The number of nitrogens with zero attached hydrogens (tertiary/aromatic N) is 1. The highest BCUT2D eigenvalue weighted by molar-refractivity contribution is 5.87. The van der Waals surface area contributed by atoms with Crippen molar-refractivity contribution in [2.24, 2.45) is 5.92 Å².